The Labute approximate surface area is 91.7 Å². The molecule has 1 aliphatic carbocycles. The molecule has 15 heavy (non-hydrogen) atoms. The molecular formula is C12H21N3. The first-order valence-corrected chi connectivity index (χ1v) is 6.11. The number of H-pyrrole nitrogens is 1. The van der Waals surface area contributed by atoms with Gasteiger partial charge in [-0.05, 0) is 18.8 Å². The molecule has 1 saturated carbocycles. The minimum absolute atomic E-state index is 0.721. The monoisotopic (exact) mass is 207 g/mol. The molecule has 0 bridgehead atoms. The zero-order valence-electron chi connectivity index (χ0n) is 9.50. The van der Waals surface area contributed by atoms with E-state index < -0.39 is 0 Å². The summed E-state index contributed by atoms with van der Waals surface area (Å²) < 4.78 is 0. The van der Waals surface area contributed by atoms with E-state index in [1.54, 1.807) is 0 Å². The maximum atomic E-state index is 3.96. The van der Waals surface area contributed by atoms with Gasteiger partial charge in [-0.2, -0.15) is 5.10 Å². The Bertz CT molecular complexity index is 268. The molecule has 2 rings (SSSR count). The first-order valence-electron chi connectivity index (χ1n) is 6.11. The van der Waals surface area contributed by atoms with Crippen LogP contribution in [0.2, 0.25) is 0 Å². The molecule has 0 radical (unpaired) electrons. The standard InChI is InChI=1S/C12H21N3/c1-2-11-5-3-4-6-12(11)13-7-10-8-14-15-9-10/h8-9,11-13H,2-7H2,1H3,(H,14,15). The molecule has 0 aromatic carbocycles. The van der Waals surface area contributed by atoms with Crippen molar-refractivity contribution in [2.24, 2.45) is 5.92 Å². The number of aromatic nitrogens is 2. The van der Waals surface area contributed by atoms with Crippen molar-refractivity contribution in [1.82, 2.24) is 15.5 Å². The summed E-state index contributed by atoms with van der Waals surface area (Å²) in [6.07, 6.45) is 10.7. The van der Waals surface area contributed by atoms with Crippen LogP contribution in [0, 0.1) is 5.92 Å². The van der Waals surface area contributed by atoms with Crippen molar-refractivity contribution in [3.63, 3.8) is 0 Å². The van der Waals surface area contributed by atoms with Crippen molar-refractivity contribution >= 4 is 0 Å². The molecule has 3 heteroatoms. The summed E-state index contributed by atoms with van der Waals surface area (Å²) in [6.45, 7) is 3.26. The minimum Gasteiger partial charge on any atom is -0.310 e. The Morgan fingerprint density at radius 3 is 3.07 bits per heavy atom. The van der Waals surface area contributed by atoms with Crippen LogP contribution in [0.3, 0.4) is 0 Å². The Hall–Kier alpha value is -0.830. The summed E-state index contributed by atoms with van der Waals surface area (Å²) in [5, 5.41) is 10.5. The number of nitrogens with zero attached hydrogens (tertiary/aromatic N) is 1. The van der Waals surface area contributed by atoms with E-state index in [1.165, 1.54) is 37.7 Å². The van der Waals surface area contributed by atoms with E-state index in [0.717, 1.165) is 18.5 Å². The van der Waals surface area contributed by atoms with Gasteiger partial charge in [-0.3, -0.25) is 5.10 Å². The molecule has 2 atom stereocenters. The molecule has 1 aliphatic rings. The lowest BCUT2D eigenvalue weighted by Crippen LogP contribution is -2.37. The smallest absolute Gasteiger partial charge is 0.0532 e. The van der Waals surface area contributed by atoms with Gasteiger partial charge in [0.15, 0.2) is 0 Å². The molecule has 1 aromatic rings. The fourth-order valence-corrected chi connectivity index (χ4v) is 2.59. The van der Waals surface area contributed by atoms with E-state index in [0.29, 0.717) is 0 Å². The highest BCUT2D eigenvalue weighted by atomic mass is 15.1. The van der Waals surface area contributed by atoms with Gasteiger partial charge in [-0.15, -0.1) is 0 Å². The maximum Gasteiger partial charge on any atom is 0.0532 e. The molecule has 1 aromatic heterocycles. The highest BCUT2D eigenvalue weighted by Gasteiger charge is 2.22. The zero-order valence-corrected chi connectivity index (χ0v) is 9.50. The molecule has 0 spiro atoms. The minimum atomic E-state index is 0.721. The van der Waals surface area contributed by atoms with Crippen molar-refractivity contribution in [2.75, 3.05) is 0 Å². The van der Waals surface area contributed by atoms with Crippen LogP contribution in [0.1, 0.15) is 44.6 Å². The number of rotatable bonds is 4. The lowest BCUT2D eigenvalue weighted by atomic mass is 9.83. The van der Waals surface area contributed by atoms with E-state index >= 15 is 0 Å². The normalized spacial score (nSPS) is 26.7. The van der Waals surface area contributed by atoms with Crippen molar-refractivity contribution in [1.29, 1.82) is 0 Å². The summed E-state index contributed by atoms with van der Waals surface area (Å²) in [5.41, 5.74) is 1.26. The molecule has 1 heterocycles. The molecular weight excluding hydrogens is 186 g/mol. The summed E-state index contributed by atoms with van der Waals surface area (Å²) in [6, 6.07) is 0.721. The SMILES string of the molecule is CCC1CCCCC1NCc1cn[nH]c1. The molecule has 0 amide bonds. The van der Waals surface area contributed by atoms with E-state index in [1.807, 2.05) is 12.4 Å². The molecule has 3 nitrogen and oxygen atoms in total. The molecule has 0 saturated heterocycles. The predicted molar refractivity (Wildman–Crippen MR) is 61.5 cm³/mol. The number of hydrogen-bond donors (Lipinski definition) is 2. The van der Waals surface area contributed by atoms with Gasteiger partial charge in [-0.1, -0.05) is 26.2 Å². The van der Waals surface area contributed by atoms with Crippen molar-refractivity contribution in [3.05, 3.63) is 18.0 Å². The topological polar surface area (TPSA) is 40.7 Å². The van der Waals surface area contributed by atoms with E-state index in [-0.39, 0.29) is 0 Å². The highest BCUT2D eigenvalue weighted by Crippen LogP contribution is 2.26. The predicted octanol–water partition coefficient (Wildman–Crippen LogP) is 2.47. The number of nitrogens with one attached hydrogen (secondary N) is 2. The summed E-state index contributed by atoms with van der Waals surface area (Å²) in [7, 11) is 0. The second-order valence-corrected chi connectivity index (χ2v) is 4.55. The van der Waals surface area contributed by atoms with Gasteiger partial charge >= 0.3 is 0 Å². The van der Waals surface area contributed by atoms with Gasteiger partial charge in [0.1, 0.15) is 0 Å². The van der Waals surface area contributed by atoms with Gasteiger partial charge in [-0.25, -0.2) is 0 Å². The second-order valence-electron chi connectivity index (χ2n) is 4.55. The average molecular weight is 207 g/mol. The van der Waals surface area contributed by atoms with Crippen molar-refractivity contribution < 1.29 is 0 Å². The maximum absolute atomic E-state index is 3.96. The van der Waals surface area contributed by atoms with Crippen LogP contribution < -0.4 is 5.32 Å². The van der Waals surface area contributed by atoms with Crippen LogP contribution in [-0.4, -0.2) is 16.2 Å². The van der Waals surface area contributed by atoms with E-state index in [4.69, 9.17) is 0 Å². The van der Waals surface area contributed by atoms with Gasteiger partial charge < -0.3 is 5.32 Å². The van der Waals surface area contributed by atoms with Crippen LogP contribution in [-0.2, 0) is 6.54 Å². The van der Waals surface area contributed by atoms with Crippen LogP contribution >= 0.6 is 0 Å². The Kier molecular flexibility index (Phi) is 3.78. The highest BCUT2D eigenvalue weighted by molar-refractivity contribution is 5.02. The van der Waals surface area contributed by atoms with Crippen LogP contribution in [0.15, 0.2) is 12.4 Å². The largest absolute Gasteiger partial charge is 0.310 e. The fraction of sp³-hybridized carbons (Fsp3) is 0.750. The summed E-state index contributed by atoms with van der Waals surface area (Å²) >= 11 is 0. The third-order valence-corrected chi connectivity index (χ3v) is 3.56. The molecule has 2 N–H and O–H groups in total. The van der Waals surface area contributed by atoms with Crippen LogP contribution in [0.5, 0.6) is 0 Å². The zero-order chi connectivity index (χ0) is 10.5. The lowest BCUT2D eigenvalue weighted by molar-refractivity contribution is 0.254. The molecule has 0 aliphatic heterocycles. The van der Waals surface area contributed by atoms with E-state index in [9.17, 15) is 0 Å². The number of hydrogen-bond acceptors (Lipinski definition) is 2. The van der Waals surface area contributed by atoms with Crippen molar-refractivity contribution in [2.45, 2.75) is 51.6 Å². The Balaban J connectivity index is 1.81. The summed E-state index contributed by atoms with van der Waals surface area (Å²) in [4.78, 5) is 0. The second kappa shape index (κ2) is 5.31. The third kappa shape index (κ3) is 2.81. The van der Waals surface area contributed by atoms with Gasteiger partial charge in [0.25, 0.3) is 0 Å². The van der Waals surface area contributed by atoms with Gasteiger partial charge in [0.05, 0.1) is 6.20 Å². The van der Waals surface area contributed by atoms with Crippen molar-refractivity contribution in [3.8, 4) is 0 Å². The average Bonchev–Trinajstić information content (AvgIpc) is 2.79. The van der Waals surface area contributed by atoms with Gasteiger partial charge in [0.2, 0.25) is 0 Å². The Morgan fingerprint density at radius 1 is 1.47 bits per heavy atom. The quantitative estimate of drug-likeness (QED) is 0.796. The molecule has 1 fully saturated rings. The third-order valence-electron chi connectivity index (χ3n) is 3.56. The fourth-order valence-electron chi connectivity index (χ4n) is 2.59. The summed E-state index contributed by atoms with van der Waals surface area (Å²) in [5.74, 6) is 0.880. The lowest BCUT2D eigenvalue weighted by Gasteiger charge is -2.31. The van der Waals surface area contributed by atoms with Gasteiger partial charge in [0, 0.05) is 24.3 Å². The first-order chi connectivity index (χ1) is 7.40. The molecule has 2 unspecified atom stereocenters. The van der Waals surface area contributed by atoms with Crippen LogP contribution in [0.25, 0.3) is 0 Å². The Morgan fingerprint density at radius 2 is 2.33 bits per heavy atom. The van der Waals surface area contributed by atoms with E-state index in [2.05, 4.69) is 22.4 Å². The van der Waals surface area contributed by atoms with Crippen LogP contribution in [0.4, 0.5) is 0 Å². The molecule has 84 valence electrons. The number of aromatic amines is 1. The first kappa shape index (κ1) is 10.7.